The largest absolute Gasteiger partial charge is 0.404 e. The molecule has 0 atom stereocenters. The van der Waals surface area contributed by atoms with Gasteiger partial charge in [-0.1, -0.05) is 13.8 Å². The van der Waals surface area contributed by atoms with E-state index in [1.165, 1.54) is 0 Å². The Labute approximate surface area is 105 Å². The molecule has 0 fully saturated rings. The summed E-state index contributed by atoms with van der Waals surface area (Å²) in [6, 6.07) is 1.98. The second-order valence-electron chi connectivity index (χ2n) is 4.16. The molecule has 18 heavy (non-hydrogen) atoms. The molecule has 2 heterocycles. The lowest BCUT2D eigenvalue weighted by molar-refractivity contribution is 0.418. The molecule has 96 valence electrons. The predicted octanol–water partition coefficient (Wildman–Crippen LogP) is 1.56. The van der Waals surface area contributed by atoms with Crippen LogP contribution in [0.25, 0.3) is 0 Å². The van der Waals surface area contributed by atoms with Crippen LogP contribution in [0, 0.1) is 0 Å². The second-order valence-corrected chi connectivity index (χ2v) is 4.16. The average Bonchev–Trinajstić information content (AvgIpc) is 2.74. The first-order valence-electron chi connectivity index (χ1n) is 5.68. The van der Waals surface area contributed by atoms with Gasteiger partial charge in [-0.3, -0.25) is 4.68 Å². The quantitative estimate of drug-likeness (QED) is 0.884. The van der Waals surface area contributed by atoms with Crippen LogP contribution < -0.4 is 10.1 Å². The molecule has 0 aromatic carbocycles. The molecule has 0 aliphatic rings. The summed E-state index contributed by atoms with van der Waals surface area (Å²) < 4.78 is 7.07. The summed E-state index contributed by atoms with van der Waals surface area (Å²) in [5, 5.41) is 7.01. The van der Waals surface area contributed by atoms with Gasteiger partial charge in [-0.15, -0.1) is 5.10 Å². The molecule has 0 aliphatic heterocycles. The molecular weight excluding hydrogens is 232 g/mol. The Morgan fingerprint density at radius 1 is 1.33 bits per heavy atom. The molecule has 7 heteroatoms. The van der Waals surface area contributed by atoms with E-state index in [2.05, 4.69) is 25.4 Å². The maximum atomic E-state index is 5.50. The molecule has 2 aromatic rings. The van der Waals surface area contributed by atoms with Gasteiger partial charge >= 0.3 is 6.01 Å². The fraction of sp³-hybridized carbons (Fsp3) is 0.455. The third-order valence-electron chi connectivity index (χ3n) is 2.27. The number of anilines is 1. The summed E-state index contributed by atoms with van der Waals surface area (Å²) >= 11 is 0. The van der Waals surface area contributed by atoms with E-state index in [1.807, 2.05) is 13.8 Å². The van der Waals surface area contributed by atoms with E-state index < -0.39 is 0 Å². The van der Waals surface area contributed by atoms with Crippen LogP contribution in [0.3, 0.4) is 0 Å². The number of nitrogens with zero attached hydrogens (tertiary/aromatic N) is 5. The van der Waals surface area contributed by atoms with Gasteiger partial charge in [0, 0.05) is 26.1 Å². The summed E-state index contributed by atoms with van der Waals surface area (Å²) in [6.07, 6.45) is 1.57. The Bertz CT molecular complexity index is 536. The maximum Gasteiger partial charge on any atom is 0.342 e. The highest BCUT2D eigenvalue weighted by molar-refractivity contribution is 5.38. The standard InChI is InChI=1S/C11H16N6O/c1-7(2)10-14-8(12-3)5-9(15-10)18-11-13-6-17(4)16-11/h5-7H,1-4H3,(H,12,14,15). The molecule has 2 aromatic heterocycles. The van der Waals surface area contributed by atoms with Crippen LogP contribution in [0.5, 0.6) is 11.9 Å². The van der Waals surface area contributed by atoms with Gasteiger partial charge in [-0.2, -0.15) is 9.97 Å². The van der Waals surface area contributed by atoms with Gasteiger partial charge in [0.1, 0.15) is 18.0 Å². The Morgan fingerprint density at radius 2 is 2.11 bits per heavy atom. The molecule has 0 spiro atoms. The fourth-order valence-corrected chi connectivity index (χ4v) is 1.34. The molecule has 0 saturated carbocycles. The van der Waals surface area contributed by atoms with Gasteiger partial charge in [-0.05, 0) is 0 Å². The van der Waals surface area contributed by atoms with Crippen molar-refractivity contribution in [2.45, 2.75) is 19.8 Å². The fourth-order valence-electron chi connectivity index (χ4n) is 1.34. The van der Waals surface area contributed by atoms with Crippen molar-refractivity contribution in [3.8, 4) is 11.9 Å². The van der Waals surface area contributed by atoms with Crippen molar-refractivity contribution in [1.82, 2.24) is 24.7 Å². The van der Waals surface area contributed by atoms with Gasteiger partial charge in [0.25, 0.3) is 0 Å². The van der Waals surface area contributed by atoms with Crippen molar-refractivity contribution in [2.24, 2.45) is 7.05 Å². The van der Waals surface area contributed by atoms with Crippen LogP contribution in [0.1, 0.15) is 25.6 Å². The van der Waals surface area contributed by atoms with Crippen LogP contribution in [0.4, 0.5) is 5.82 Å². The number of rotatable bonds is 4. The summed E-state index contributed by atoms with van der Waals surface area (Å²) in [4.78, 5) is 12.7. The minimum absolute atomic E-state index is 0.220. The topological polar surface area (TPSA) is 77.8 Å². The van der Waals surface area contributed by atoms with Crippen molar-refractivity contribution in [3.63, 3.8) is 0 Å². The van der Waals surface area contributed by atoms with Gasteiger partial charge in [-0.25, -0.2) is 4.98 Å². The van der Waals surface area contributed by atoms with E-state index in [1.54, 1.807) is 31.2 Å². The highest BCUT2D eigenvalue weighted by atomic mass is 16.5. The smallest absolute Gasteiger partial charge is 0.342 e. The first-order chi connectivity index (χ1) is 8.58. The van der Waals surface area contributed by atoms with Crippen LogP contribution in [0.15, 0.2) is 12.4 Å². The van der Waals surface area contributed by atoms with Gasteiger partial charge in [0.05, 0.1) is 0 Å². The monoisotopic (exact) mass is 248 g/mol. The van der Waals surface area contributed by atoms with Gasteiger partial charge in [0.2, 0.25) is 5.88 Å². The lowest BCUT2D eigenvalue weighted by Gasteiger charge is -2.08. The number of hydrogen-bond acceptors (Lipinski definition) is 6. The van der Waals surface area contributed by atoms with Crippen molar-refractivity contribution in [1.29, 1.82) is 0 Å². The van der Waals surface area contributed by atoms with E-state index >= 15 is 0 Å². The average molecular weight is 248 g/mol. The predicted molar refractivity (Wildman–Crippen MR) is 66.7 cm³/mol. The van der Waals surface area contributed by atoms with E-state index in [9.17, 15) is 0 Å². The Balaban J connectivity index is 2.29. The molecule has 0 radical (unpaired) electrons. The van der Waals surface area contributed by atoms with Crippen LogP contribution in [-0.4, -0.2) is 31.8 Å². The molecule has 0 saturated heterocycles. The highest BCUT2D eigenvalue weighted by Gasteiger charge is 2.10. The van der Waals surface area contributed by atoms with Crippen LogP contribution >= 0.6 is 0 Å². The first-order valence-corrected chi connectivity index (χ1v) is 5.68. The minimum Gasteiger partial charge on any atom is -0.404 e. The normalized spacial score (nSPS) is 10.7. The molecule has 0 aliphatic carbocycles. The van der Waals surface area contributed by atoms with Crippen molar-refractivity contribution < 1.29 is 4.74 Å². The zero-order valence-corrected chi connectivity index (χ0v) is 10.9. The summed E-state index contributed by atoms with van der Waals surface area (Å²) in [7, 11) is 3.58. The summed E-state index contributed by atoms with van der Waals surface area (Å²) in [6.45, 7) is 4.05. The van der Waals surface area contributed by atoms with E-state index in [0.29, 0.717) is 17.5 Å². The molecular formula is C11H16N6O. The number of hydrogen-bond donors (Lipinski definition) is 1. The van der Waals surface area contributed by atoms with Crippen LogP contribution in [-0.2, 0) is 7.05 Å². The Morgan fingerprint density at radius 3 is 2.67 bits per heavy atom. The number of aryl methyl sites for hydroxylation is 1. The van der Waals surface area contributed by atoms with E-state index in [0.717, 1.165) is 0 Å². The maximum absolute atomic E-state index is 5.50. The van der Waals surface area contributed by atoms with Gasteiger partial charge in [0.15, 0.2) is 0 Å². The third kappa shape index (κ3) is 2.73. The molecule has 0 unspecified atom stereocenters. The third-order valence-corrected chi connectivity index (χ3v) is 2.27. The Hall–Kier alpha value is -2.18. The van der Waals surface area contributed by atoms with Gasteiger partial charge < -0.3 is 10.1 Å². The lowest BCUT2D eigenvalue weighted by Crippen LogP contribution is -2.03. The van der Waals surface area contributed by atoms with Crippen molar-refractivity contribution >= 4 is 5.82 Å². The van der Waals surface area contributed by atoms with E-state index in [-0.39, 0.29) is 11.9 Å². The lowest BCUT2D eigenvalue weighted by atomic mass is 10.2. The molecule has 7 nitrogen and oxygen atoms in total. The first kappa shape index (κ1) is 12.3. The summed E-state index contributed by atoms with van der Waals surface area (Å²) in [5.74, 6) is 2.08. The zero-order chi connectivity index (χ0) is 13.1. The SMILES string of the molecule is CNc1cc(Oc2ncn(C)n2)nc(C(C)C)n1. The number of aromatic nitrogens is 5. The van der Waals surface area contributed by atoms with E-state index in [4.69, 9.17) is 4.74 Å². The van der Waals surface area contributed by atoms with Crippen molar-refractivity contribution in [3.05, 3.63) is 18.2 Å². The molecule has 1 N–H and O–H groups in total. The zero-order valence-electron chi connectivity index (χ0n) is 10.9. The Kier molecular flexibility index (Phi) is 3.40. The van der Waals surface area contributed by atoms with Crippen LogP contribution in [0.2, 0.25) is 0 Å². The number of ether oxygens (including phenoxy) is 1. The summed E-state index contributed by atoms with van der Waals surface area (Å²) in [5.41, 5.74) is 0. The molecule has 0 amide bonds. The molecule has 2 rings (SSSR count). The minimum atomic E-state index is 0.220. The number of nitrogens with one attached hydrogen (secondary N) is 1. The van der Waals surface area contributed by atoms with Crippen molar-refractivity contribution in [2.75, 3.05) is 12.4 Å². The molecule has 0 bridgehead atoms. The highest BCUT2D eigenvalue weighted by Crippen LogP contribution is 2.21. The second kappa shape index (κ2) is 4.99.